The van der Waals surface area contributed by atoms with Crippen LogP contribution >= 0.6 is 23.4 Å². The van der Waals surface area contributed by atoms with Gasteiger partial charge < -0.3 is 0 Å². The summed E-state index contributed by atoms with van der Waals surface area (Å²) < 4.78 is 29.7. The molecule has 0 N–H and O–H groups in total. The van der Waals surface area contributed by atoms with Crippen molar-refractivity contribution in [2.75, 3.05) is 24.6 Å². The fraction of sp³-hybridized carbons (Fsp3) is 0.294. The molecule has 2 aromatic heterocycles. The highest BCUT2D eigenvalue weighted by atomic mass is 35.5. The van der Waals surface area contributed by atoms with Gasteiger partial charge in [0.15, 0.2) is 5.65 Å². The maximum Gasteiger partial charge on any atom is 0.350 e. The molecule has 0 saturated carbocycles. The maximum atomic E-state index is 12.8. The minimum Gasteiger partial charge on any atom is -0.249 e. The summed E-state index contributed by atoms with van der Waals surface area (Å²) >= 11 is 7.89. The molecule has 0 aliphatic carbocycles. The third-order valence-corrected chi connectivity index (χ3v) is 7.63. The summed E-state index contributed by atoms with van der Waals surface area (Å²) in [5.74, 6) is 1.55. The predicted octanol–water partition coefficient (Wildman–Crippen LogP) is 1.94. The Hall–Kier alpha value is -1.81. The largest absolute Gasteiger partial charge is 0.350 e. The third kappa shape index (κ3) is 3.52. The Kier molecular flexibility index (Phi) is 5.02. The first-order valence-electron chi connectivity index (χ1n) is 8.37. The van der Waals surface area contributed by atoms with Crippen LogP contribution in [0.5, 0.6) is 0 Å². The molecule has 1 fully saturated rings. The van der Waals surface area contributed by atoms with E-state index in [2.05, 4.69) is 5.10 Å². The minimum absolute atomic E-state index is 0.0984. The molecule has 0 unspecified atom stereocenters. The average molecular weight is 425 g/mol. The smallest absolute Gasteiger partial charge is 0.249 e. The van der Waals surface area contributed by atoms with Crippen LogP contribution in [0.15, 0.2) is 52.3 Å². The van der Waals surface area contributed by atoms with Crippen molar-refractivity contribution >= 4 is 39.0 Å². The van der Waals surface area contributed by atoms with E-state index >= 15 is 0 Å². The van der Waals surface area contributed by atoms with Crippen LogP contribution in [0.2, 0.25) is 5.02 Å². The van der Waals surface area contributed by atoms with Crippen LogP contribution in [0, 0.1) is 0 Å². The molecule has 1 saturated heterocycles. The molecule has 3 aromatic rings. The number of halogens is 1. The van der Waals surface area contributed by atoms with E-state index in [0.717, 1.165) is 17.1 Å². The molecule has 0 spiro atoms. The summed E-state index contributed by atoms with van der Waals surface area (Å²) in [7, 11) is -3.62. The predicted molar refractivity (Wildman–Crippen MR) is 106 cm³/mol. The second kappa shape index (κ2) is 7.31. The van der Waals surface area contributed by atoms with Crippen molar-refractivity contribution in [3.63, 3.8) is 0 Å². The highest BCUT2D eigenvalue weighted by Crippen LogP contribution is 2.20. The summed E-state index contributed by atoms with van der Waals surface area (Å²) in [6.07, 6.45) is 1.35. The van der Waals surface area contributed by atoms with E-state index < -0.39 is 15.7 Å². The summed E-state index contributed by atoms with van der Waals surface area (Å²) in [6, 6.07) is 10.3. The first-order valence-corrected chi connectivity index (χ1v) is 11.3. The lowest BCUT2D eigenvalue weighted by Crippen LogP contribution is -2.38. The SMILES string of the molecule is O=c1n(Cc2ccccc2Cl)nc2ccc(S(=O)(=O)N3CCSCC3)cn12. The van der Waals surface area contributed by atoms with Crippen molar-refractivity contribution in [3.8, 4) is 0 Å². The molecule has 3 heterocycles. The number of hydrogen-bond acceptors (Lipinski definition) is 5. The second-order valence-electron chi connectivity index (χ2n) is 6.14. The van der Waals surface area contributed by atoms with E-state index in [-0.39, 0.29) is 11.4 Å². The van der Waals surface area contributed by atoms with Gasteiger partial charge in [-0.3, -0.25) is 0 Å². The van der Waals surface area contributed by atoms with Crippen molar-refractivity contribution in [1.29, 1.82) is 0 Å². The molecule has 0 atom stereocenters. The first-order chi connectivity index (χ1) is 13.0. The molecule has 1 aliphatic rings. The van der Waals surface area contributed by atoms with E-state index in [1.165, 1.54) is 25.7 Å². The number of thioether (sulfide) groups is 1. The second-order valence-corrected chi connectivity index (χ2v) is 9.71. The Labute approximate surface area is 165 Å². The lowest BCUT2D eigenvalue weighted by molar-refractivity contribution is 0.443. The molecular formula is C17H17ClN4O3S2. The number of aromatic nitrogens is 3. The lowest BCUT2D eigenvalue weighted by atomic mass is 10.2. The quantitative estimate of drug-likeness (QED) is 0.639. The first kappa shape index (κ1) is 18.5. The maximum absolute atomic E-state index is 12.8. The molecule has 142 valence electrons. The van der Waals surface area contributed by atoms with E-state index in [1.54, 1.807) is 23.9 Å². The Morgan fingerprint density at radius 1 is 1.11 bits per heavy atom. The molecule has 0 bridgehead atoms. The molecule has 27 heavy (non-hydrogen) atoms. The van der Waals surface area contributed by atoms with Crippen LogP contribution < -0.4 is 5.69 Å². The van der Waals surface area contributed by atoms with Gasteiger partial charge in [-0.05, 0) is 23.8 Å². The van der Waals surface area contributed by atoms with Crippen molar-refractivity contribution in [2.45, 2.75) is 11.4 Å². The number of hydrogen-bond donors (Lipinski definition) is 0. The van der Waals surface area contributed by atoms with Crippen LogP contribution in [0.4, 0.5) is 0 Å². The van der Waals surface area contributed by atoms with Crippen LogP contribution in [-0.4, -0.2) is 51.5 Å². The van der Waals surface area contributed by atoms with Crippen molar-refractivity contribution in [1.82, 2.24) is 18.5 Å². The topological polar surface area (TPSA) is 76.7 Å². The van der Waals surface area contributed by atoms with Gasteiger partial charge in [-0.1, -0.05) is 29.8 Å². The number of nitrogens with zero attached hydrogens (tertiary/aromatic N) is 4. The lowest BCUT2D eigenvalue weighted by Gasteiger charge is -2.25. The zero-order chi connectivity index (χ0) is 19.0. The fourth-order valence-electron chi connectivity index (χ4n) is 2.98. The summed E-state index contributed by atoms with van der Waals surface area (Å²) in [6.45, 7) is 1.17. The zero-order valence-electron chi connectivity index (χ0n) is 14.3. The number of pyridine rings is 1. The van der Waals surface area contributed by atoms with Crippen LogP contribution in [0.3, 0.4) is 0 Å². The van der Waals surface area contributed by atoms with Crippen molar-refractivity contribution in [3.05, 3.63) is 63.7 Å². The van der Waals surface area contributed by atoms with Crippen molar-refractivity contribution < 1.29 is 8.42 Å². The summed E-state index contributed by atoms with van der Waals surface area (Å²) in [5, 5.41) is 4.83. The van der Waals surface area contributed by atoms with Gasteiger partial charge in [-0.2, -0.15) is 16.1 Å². The van der Waals surface area contributed by atoms with E-state index in [9.17, 15) is 13.2 Å². The molecule has 10 heteroatoms. The Bertz CT molecular complexity index is 1150. The van der Waals surface area contributed by atoms with Gasteiger partial charge in [-0.25, -0.2) is 22.3 Å². The average Bonchev–Trinajstić information content (AvgIpc) is 2.99. The molecule has 0 amide bonds. The number of fused-ring (bicyclic) bond motifs is 1. The Balaban J connectivity index is 1.72. The van der Waals surface area contributed by atoms with Crippen molar-refractivity contribution in [2.24, 2.45) is 0 Å². The van der Waals surface area contributed by atoms with Crippen LogP contribution in [0.1, 0.15) is 5.56 Å². The Morgan fingerprint density at radius 2 is 1.85 bits per heavy atom. The Morgan fingerprint density at radius 3 is 2.59 bits per heavy atom. The number of rotatable bonds is 4. The minimum atomic E-state index is -3.62. The van der Waals surface area contributed by atoms with Crippen LogP contribution in [0.25, 0.3) is 5.65 Å². The van der Waals surface area contributed by atoms with Gasteiger partial charge in [-0.15, -0.1) is 5.10 Å². The molecular weight excluding hydrogens is 408 g/mol. The summed E-state index contributed by atoms with van der Waals surface area (Å²) in [4.78, 5) is 12.8. The van der Waals surface area contributed by atoms with Gasteiger partial charge >= 0.3 is 5.69 Å². The number of benzene rings is 1. The molecule has 1 aliphatic heterocycles. The van der Waals surface area contributed by atoms with Gasteiger partial charge in [0.1, 0.15) is 0 Å². The summed E-state index contributed by atoms with van der Waals surface area (Å²) in [5.41, 5.74) is 0.750. The fourth-order valence-corrected chi connectivity index (χ4v) is 5.75. The highest BCUT2D eigenvalue weighted by molar-refractivity contribution is 7.99. The van der Waals surface area contributed by atoms with E-state index in [1.807, 2.05) is 18.2 Å². The number of sulfonamides is 1. The van der Waals surface area contributed by atoms with Gasteiger partial charge in [0.25, 0.3) is 0 Å². The molecule has 1 aromatic carbocycles. The molecule has 4 rings (SSSR count). The standard InChI is InChI=1S/C17H17ClN4O3S2/c18-15-4-2-1-3-13(15)11-22-17(23)21-12-14(5-6-16(21)19-22)27(24,25)20-7-9-26-10-8-20/h1-6,12H,7-11H2. The van der Waals surface area contributed by atoms with Gasteiger partial charge in [0.05, 0.1) is 11.4 Å². The monoisotopic (exact) mass is 424 g/mol. The van der Waals surface area contributed by atoms with Gasteiger partial charge in [0, 0.05) is 35.8 Å². The molecule has 7 nitrogen and oxygen atoms in total. The van der Waals surface area contributed by atoms with Gasteiger partial charge in [0.2, 0.25) is 10.0 Å². The third-order valence-electron chi connectivity index (χ3n) is 4.44. The van der Waals surface area contributed by atoms with Crippen LogP contribution in [-0.2, 0) is 16.6 Å². The highest BCUT2D eigenvalue weighted by Gasteiger charge is 2.27. The van der Waals surface area contributed by atoms with E-state index in [4.69, 9.17) is 11.6 Å². The zero-order valence-corrected chi connectivity index (χ0v) is 16.7. The normalized spacial score (nSPS) is 16.0. The van der Waals surface area contributed by atoms with E-state index in [0.29, 0.717) is 23.8 Å². The molecule has 0 radical (unpaired) electrons.